The van der Waals surface area contributed by atoms with Crippen LogP contribution >= 0.6 is 0 Å². The molecule has 1 saturated heterocycles. The Hall–Kier alpha value is -2.28. The maximum Gasteiger partial charge on any atom is 0.333 e. The highest BCUT2D eigenvalue weighted by Gasteiger charge is 2.46. The summed E-state index contributed by atoms with van der Waals surface area (Å²) in [4.78, 5) is 23.9. The van der Waals surface area contributed by atoms with Gasteiger partial charge in [-0.3, -0.25) is 4.79 Å². The second-order valence-corrected chi connectivity index (χ2v) is 16.5. The number of hydrogen-bond donors (Lipinski definition) is 9. The number of hydrogen-bond acceptors (Lipinski definition) is 15. The van der Waals surface area contributed by atoms with E-state index in [4.69, 9.17) is 24.1 Å². The van der Waals surface area contributed by atoms with Gasteiger partial charge in [-0.15, -0.1) is 0 Å². The molecule has 0 spiro atoms. The topological polar surface area (TPSA) is 253 Å². The standard InChI is InChI=1S/C42H74O15/c1-12-21(2)13-22(3)14-27(8)40(57-42-39(52)38(51)37(50)33(56-42)20-54-30(11)44)28(9)16-25(6)34(47)23(4)15-24(5)35(48)26(7)17-29(10)41(53)55-19-32(46)36(49)31(45)18-43/h15-17,21-23,26-28,31-40,42-43,45-52H,12-14,18-20H2,1-11H3/b24-15+,25-16+,29-17+/t21?,22?,23?,26?,27?,28?,31-,32-,33+,34?,35?,36+,37+,38-,39-,40?,42-/m0/s1. The molecular weight excluding hydrogens is 744 g/mol. The van der Waals surface area contributed by atoms with Crippen LogP contribution in [0, 0.1) is 35.5 Å². The molecule has 0 saturated carbocycles. The van der Waals surface area contributed by atoms with Crippen LogP contribution < -0.4 is 0 Å². The Morgan fingerprint density at radius 2 is 1.25 bits per heavy atom. The molecule has 9 unspecified atom stereocenters. The highest BCUT2D eigenvalue weighted by molar-refractivity contribution is 5.87. The van der Waals surface area contributed by atoms with Crippen molar-refractivity contribution in [3.05, 3.63) is 34.9 Å². The minimum absolute atomic E-state index is 0.0761. The van der Waals surface area contributed by atoms with Crippen LogP contribution in [0.2, 0.25) is 0 Å². The molecule has 1 heterocycles. The first kappa shape index (κ1) is 52.7. The molecule has 0 aromatic carbocycles. The van der Waals surface area contributed by atoms with Crippen molar-refractivity contribution in [3.8, 4) is 0 Å². The molecule has 1 rings (SSSR count). The minimum Gasteiger partial charge on any atom is -0.463 e. The first-order chi connectivity index (χ1) is 26.5. The van der Waals surface area contributed by atoms with Crippen LogP contribution in [0.4, 0.5) is 0 Å². The summed E-state index contributed by atoms with van der Waals surface area (Å²) < 4.78 is 22.4. The highest BCUT2D eigenvalue weighted by atomic mass is 16.7. The molecule has 17 atom stereocenters. The summed E-state index contributed by atoms with van der Waals surface area (Å²) in [6.07, 6.45) is -6.74. The van der Waals surface area contributed by atoms with E-state index < -0.39 is 104 Å². The van der Waals surface area contributed by atoms with Gasteiger partial charge in [0.2, 0.25) is 0 Å². The van der Waals surface area contributed by atoms with Gasteiger partial charge in [0.05, 0.1) is 24.9 Å². The van der Waals surface area contributed by atoms with E-state index >= 15 is 0 Å². The summed E-state index contributed by atoms with van der Waals surface area (Å²) in [5.41, 5.74) is 1.30. The molecule has 0 aromatic heterocycles. The maximum absolute atomic E-state index is 12.5. The van der Waals surface area contributed by atoms with Crippen molar-refractivity contribution in [2.24, 2.45) is 35.5 Å². The average Bonchev–Trinajstić information content (AvgIpc) is 3.15. The lowest BCUT2D eigenvalue weighted by molar-refractivity contribution is -0.317. The van der Waals surface area contributed by atoms with Crippen molar-refractivity contribution in [3.63, 3.8) is 0 Å². The first-order valence-corrected chi connectivity index (χ1v) is 20.2. The lowest BCUT2D eigenvalue weighted by atomic mass is 9.82. The van der Waals surface area contributed by atoms with Crippen LogP contribution in [0.1, 0.15) is 95.4 Å². The Bertz CT molecular complexity index is 1300. The van der Waals surface area contributed by atoms with E-state index in [-0.39, 0.29) is 24.0 Å². The SMILES string of the molecule is CCC(C)CC(C)CC(C)C(O[C@@H]1O[C@H](COC(C)=O)[C@@H](O)[C@H](O)[C@@H]1O)C(C)/C=C(\C)C(O)C(C)/C=C(\C)C(O)C(C)/C=C(\C)C(=O)OC[C@H](O)[C@H](O)[C@@H](O)CO. The number of carbonyl (C=O) groups is 2. The monoisotopic (exact) mass is 819 g/mol. The van der Waals surface area contributed by atoms with Crippen LogP contribution in [0.15, 0.2) is 34.9 Å². The Labute approximate surface area is 339 Å². The number of rotatable bonds is 24. The van der Waals surface area contributed by atoms with Gasteiger partial charge >= 0.3 is 11.9 Å². The van der Waals surface area contributed by atoms with Gasteiger partial charge in [0.1, 0.15) is 55.9 Å². The Morgan fingerprint density at radius 3 is 1.77 bits per heavy atom. The Morgan fingerprint density at radius 1 is 0.702 bits per heavy atom. The van der Waals surface area contributed by atoms with E-state index in [0.29, 0.717) is 23.0 Å². The second-order valence-electron chi connectivity index (χ2n) is 16.5. The first-order valence-electron chi connectivity index (χ1n) is 20.2. The molecule has 1 aliphatic heterocycles. The van der Waals surface area contributed by atoms with Crippen molar-refractivity contribution < 1.29 is 74.5 Å². The largest absolute Gasteiger partial charge is 0.463 e. The maximum atomic E-state index is 12.5. The van der Waals surface area contributed by atoms with Crippen molar-refractivity contribution in [2.45, 2.75) is 163 Å². The highest BCUT2D eigenvalue weighted by Crippen LogP contribution is 2.33. The van der Waals surface area contributed by atoms with Crippen molar-refractivity contribution >= 4 is 11.9 Å². The summed E-state index contributed by atoms with van der Waals surface area (Å²) in [6, 6.07) is 0. The van der Waals surface area contributed by atoms with Gasteiger partial charge in [-0.1, -0.05) is 73.1 Å². The van der Waals surface area contributed by atoms with Crippen LogP contribution in [0.25, 0.3) is 0 Å². The summed E-state index contributed by atoms with van der Waals surface area (Å²) in [6.45, 7) is 18.4. The van der Waals surface area contributed by atoms with Gasteiger partial charge in [0.15, 0.2) is 6.29 Å². The lowest BCUT2D eigenvalue weighted by Crippen LogP contribution is -2.60. The minimum atomic E-state index is -1.71. The molecule has 0 bridgehead atoms. The molecule has 9 N–H and O–H groups in total. The molecule has 57 heavy (non-hydrogen) atoms. The van der Waals surface area contributed by atoms with E-state index in [0.717, 1.165) is 19.3 Å². The van der Waals surface area contributed by atoms with Crippen LogP contribution in [0.3, 0.4) is 0 Å². The van der Waals surface area contributed by atoms with E-state index in [1.807, 2.05) is 19.9 Å². The van der Waals surface area contributed by atoms with Crippen LogP contribution in [-0.4, -0.2) is 145 Å². The van der Waals surface area contributed by atoms with Gasteiger partial charge in [0, 0.05) is 30.3 Å². The number of aliphatic hydroxyl groups is 9. The molecule has 332 valence electrons. The van der Waals surface area contributed by atoms with Crippen molar-refractivity contribution in [1.82, 2.24) is 0 Å². The van der Waals surface area contributed by atoms with Crippen LogP contribution in [0.5, 0.6) is 0 Å². The second kappa shape index (κ2) is 25.4. The van der Waals surface area contributed by atoms with Gasteiger partial charge in [-0.05, 0) is 62.5 Å². The molecular formula is C42H74O15. The fraction of sp³-hybridized carbons (Fsp3) is 0.810. The van der Waals surface area contributed by atoms with Gasteiger partial charge < -0.3 is 64.9 Å². The fourth-order valence-electron chi connectivity index (χ4n) is 7.35. The summed E-state index contributed by atoms with van der Waals surface area (Å²) in [7, 11) is 0. The lowest BCUT2D eigenvalue weighted by Gasteiger charge is -2.43. The predicted molar refractivity (Wildman–Crippen MR) is 212 cm³/mol. The molecule has 0 aliphatic carbocycles. The van der Waals surface area contributed by atoms with E-state index in [1.54, 1.807) is 33.8 Å². The smallest absolute Gasteiger partial charge is 0.333 e. The molecule has 15 heteroatoms. The van der Waals surface area contributed by atoms with Crippen molar-refractivity contribution in [1.29, 1.82) is 0 Å². The Kier molecular flexibility index (Phi) is 23.5. The summed E-state index contributed by atoms with van der Waals surface area (Å²) in [5, 5.41) is 92.7. The molecule has 0 aromatic rings. The molecule has 1 aliphatic rings. The zero-order valence-electron chi connectivity index (χ0n) is 35.8. The zero-order valence-corrected chi connectivity index (χ0v) is 35.8. The molecule has 0 radical (unpaired) electrons. The third-order valence-corrected chi connectivity index (χ3v) is 10.9. The van der Waals surface area contributed by atoms with Crippen LogP contribution in [-0.2, 0) is 28.5 Å². The van der Waals surface area contributed by atoms with Gasteiger partial charge in [-0.25, -0.2) is 4.79 Å². The third kappa shape index (κ3) is 17.1. The summed E-state index contributed by atoms with van der Waals surface area (Å²) >= 11 is 0. The molecule has 1 fully saturated rings. The normalized spacial score (nSPS) is 27.5. The fourth-order valence-corrected chi connectivity index (χ4v) is 7.35. The number of esters is 2. The van der Waals surface area contributed by atoms with Gasteiger partial charge in [0.25, 0.3) is 0 Å². The predicted octanol–water partition coefficient (Wildman–Crippen LogP) is 1.93. The average molecular weight is 819 g/mol. The van der Waals surface area contributed by atoms with E-state index in [1.165, 1.54) is 19.9 Å². The quantitative estimate of drug-likeness (QED) is 0.0383. The van der Waals surface area contributed by atoms with E-state index in [9.17, 15) is 50.4 Å². The van der Waals surface area contributed by atoms with Gasteiger partial charge in [-0.2, -0.15) is 0 Å². The number of ether oxygens (including phenoxy) is 4. The number of aliphatic hydroxyl groups excluding tert-OH is 9. The third-order valence-electron chi connectivity index (χ3n) is 10.9. The molecule has 0 amide bonds. The molecule has 15 nitrogen and oxygen atoms in total. The zero-order chi connectivity index (χ0) is 43.9. The summed E-state index contributed by atoms with van der Waals surface area (Å²) in [5.74, 6) is -1.96. The van der Waals surface area contributed by atoms with E-state index in [2.05, 4.69) is 20.8 Å². The van der Waals surface area contributed by atoms with Crippen molar-refractivity contribution in [2.75, 3.05) is 19.8 Å². The number of carbonyl (C=O) groups excluding carboxylic acids is 2. The Balaban J connectivity index is 3.20.